The van der Waals surface area contributed by atoms with E-state index in [1.807, 2.05) is 13.8 Å². The molecule has 4 fully saturated rings. The Morgan fingerprint density at radius 3 is 2.62 bits per heavy atom. The molecule has 8 heteroatoms. The van der Waals surface area contributed by atoms with Crippen molar-refractivity contribution in [1.82, 2.24) is 0 Å². The zero-order valence-electron chi connectivity index (χ0n) is 20.6. The van der Waals surface area contributed by atoms with Gasteiger partial charge >= 0.3 is 5.97 Å². The van der Waals surface area contributed by atoms with Gasteiger partial charge in [-0.25, -0.2) is 4.39 Å². The minimum absolute atomic E-state index is 0.0573. The predicted molar refractivity (Wildman–Crippen MR) is 118 cm³/mol. The van der Waals surface area contributed by atoms with Crippen molar-refractivity contribution in [3.63, 3.8) is 0 Å². The molecule has 34 heavy (non-hydrogen) atoms. The molecule has 5 aliphatic rings. The number of aliphatic hydroxyl groups excluding tert-OH is 1. The van der Waals surface area contributed by atoms with Gasteiger partial charge in [0.2, 0.25) is 5.78 Å². The van der Waals surface area contributed by atoms with Crippen molar-refractivity contribution in [2.45, 2.75) is 96.5 Å². The van der Waals surface area contributed by atoms with Gasteiger partial charge in [0.25, 0.3) is 0 Å². The maximum atomic E-state index is 15.6. The van der Waals surface area contributed by atoms with Crippen LogP contribution in [0.5, 0.6) is 0 Å². The molecule has 1 heterocycles. The molecule has 0 aromatic carbocycles. The van der Waals surface area contributed by atoms with Crippen molar-refractivity contribution in [3.05, 3.63) is 11.6 Å². The number of esters is 1. The number of alkyl halides is 1. The van der Waals surface area contributed by atoms with Gasteiger partial charge in [-0.15, -0.1) is 0 Å². The lowest BCUT2D eigenvalue weighted by Crippen LogP contribution is -2.65. The normalized spacial score (nSPS) is 48.8. The quantitative estimate of drug-likeness (QED) is 0.623. The summed E-state index contributed by atoms with van der Waals surface area (Å²) in [6.07, 6.45) is 0.657. The van der Waals surface area contributed by atoms with Gasteiger partial charge in [0, 0.05) is 18.8 Å². The minimum atomic E-state index is -1.39. The number of rotatable bonds is 3. The number of halogens is 1. The zero-order chi connectivity index (χ0) is 24.8. The molecule has 3 saturated carbocycles. The Bertz CT molecular complexity index is 974. The predicted octanol–water partition coefficient (Wildman–Crippen LogP) is 3.07. The maximum Gasteiger partial charge on any atom is 0.303 e. The van der Waals surface area contributed by atoms with Gasteiger partial charge in [-0.3, -0.25) is 14.4 Å². The SMILES string of the molecule is CC(=O)OCC(=O)[C@@]12OC(C)(C)O[C@@H]1C[C@H]1C3C[C@H](F)C4=CC(=O)CCC4(C)[C@H]3C(O)CC12C. The average Bonchev–Trinajstić information content (AvgIpc) is 3.13. The fraction of sp³-hybridized carbons (Fsp3) is 0.808. The van der Waals surface area contributed by atoms with Crippen molar-refractivity contribution >= 4 is 17.5 Å². The Kier molecular flexibility index (Phi) is 5.26. The number of hydrogen-bond donors (Lipinski definition) is 1. The summed E-state index contributed by atoms with van der Waals surface area (Å²) in [5.41, 5.74) is -2.32. The number of carbonyl (C=O) groups is 3. The van der Waals surface area contributed by atoms with E-state index < -0.39 is 53.2 Å². The van der Waals surface area contributed by atoms with E-state index in [9.17, 15) is 19.5 Å². The van der Waals surface area contributed by atoms with E-state index in [-0.39, 0.29) is 42.2 Å². The van der Waals surface area contributed by atoms with E-state index in [4.69, 9.17) is 14.2 Å². The Morgan fingerprint density at radius 1 is 1.24 bits per heavy atom. The Hall–Kier alpha value is -1.64. The van der Waals surface area contributed by atoms with E-state index in [1.165, 1.54) is 13.0 Å². The van der Waals surface area contributed by atoms with Gasteiger partial charge in [-0.2, -0.15) is 0 Å². The van der Waals surface area contributed by atoms with Crippen molar-refractivity contribution in [2.75, 3.05) is 6.61 Å². The number of aliphatic hydroxyl groups is 1. The number of ether oxygens (including phenoxy) is 3. The Balaban J connectivity index is 1.57. The van der Waals surface area contributed by atoms with Crippen molar-refractivity contribution < 1.29 is 38.1 Å². The first kappa shape index (κ1) is 24.1. The summed E-state index contributed by atoms with van der Waals surface area (Å²) in [5.74, 6) is -2.56. The van der Waals surface area contributed by atoms with Crippen LogP contribution in [0.3, 0.4) is 0 Å². The summed E-state index contributed by atoms with van der Waals surface area (Å²) < 4.78 is 33.3. The fourth-order valence-corrected chi connectivity index (χ4v) is 8.56. The largest absolute Gasteiger partial charge is 0.458 e. The van der Waals surface area contributed by atoms with Crippen LogP contribution in [0.2, 0.25) is 0 Å². The molecule has 188 valence electrons. The van der Waals surface area contributed by atoms with E-state index in [2.05, 4.69) is 0 Å². The molecule has 0 aromatic rings. The van der Waals surface area contributed by atoms with Crippen LogP contribution in [0.4, 0.5) is 4.39 Å². The summed E-state index contributed by atoms with van der Waals surface area (Å²) in [5, 5.41) is 11.6. The number of carbonyl (C=O) groups excluding carboxylic acids is 3. The van der Waals surface area contributed by atoms with Crippen LogP contribution in [-0.4, -0.2) is 59.0 Å². The van der Waals surface area contributed by atoms with E-state index in [1.54, 1.807) is 13.8 Å². The molecule has 1 aliphatic heterocycles. The van der Waals surface area contributed by atoms with E-state index >= 15 is 4.39 Å². The number of allylic oxidation sites excluding steroid dienone is 1. The standard InChI is InChI=1S/C26H35FO7/c1-13(28)32-12-20(31)26-21(33-23(2,3)34-26)10-16-15-9-18(27)17-8-14(29)6-7-24(17,4)22(15)19(30)11-25(16,26)5/h8,15-16,18-19,21-22,30H,6-7,9-12H2,1-5H3/t15?,16-,18-,19?,21+,22+,24?,25?,26+/m0/s1. The molecule has 0 radical (unpaired) electrons. The third-order valence-electron chi connectivity index (χ3n) is 9.69. The van der Waals surface area contributed by atoms with Gasteiger partial charge in [0.05, 0.1) is 12.2 Å². The Labute approximate surface area is 199 Å². The molecule has 1 N–H and O–H groups in total. The van der Waals surface area contributed by atoms with Crippen molar-refractivity contribution in [3.8, 4) is 0 Å². The van der Waals surface area contributed by atoms with Crippen LogP contribution >= 0.6 is 0 Å². The third-order valence-corrected chi connectivity index (χ3v) is 9.69. The van der Waals surface area contributed by atoms with Crippen LogP contribution < -0.4 is 0 Å². The average molecular weight is 479 g/mol. The smallest absolute Gasteiger partial charge is 0.303 e. The van der Waals surface area contributed by atoms with E-state index in [0.29, 0.717) is 24.8 Å². The summed E-state index contributed by atoms with van der Waals surface area (Å²) in [6, 6.07) is 0. The topological polar surface area (TPSA) is 99.1 Å². The number of hydrogen-bond acceptors (Lipinski definition) is 7. The first-order chi connectivity index (χ1) is 15.7. The first-order valence-corrected chi connectivity index (χ1v) is 12.4. The first-order valence-electron chi connectivity index (χ1n) is 12.4. The highest BCUT2D eigenvalue weighted by atomic mass is 19.1. The number of Topliss-reactive ketones (excluding diaryl/α,β-unsaturated/α-hetero) is 1. The van der Waals surface area contributed by atoms with Gasteiger partial charge in [0.15, 0.2) is 23.8 Å². The number of fused-ring (bicyclic) bond motifs is 7. The molecule has 0 spiro atoms. The molecule has 4 unspecified atom stereocenters. The van der Waals surface area contributed by atoms with Gasteiger partial charge in [0.1, 0.15) is 6.17 Å². The van der Waals surface area contributed by atoms with Gasteiger partial charge in [-0.1, -0.05) is 13.8 Å². The van der Waals surface area contributed by atoms with Crippen LogP contribution in [-0.2, 0) is 28.6 Å². The number of ketones is 2. The highest BCUT2D eigenvalue weighted by Gasteiger charge is 2.77. The van der Waals surface area contributed by atoms with Crippen molar-refractivity contribution in [1.29, 1.82) is 0 Å². The monoisotopic (exact) mass is 478 g/mol. The molecule has 0 bridgehead atoms. The molecule has 4 aliphatic carbocycles. The summed E-state index contributed by atoms with van der Waals surface area (Å²) in [4.78, 5) is 37.2. The lowest BCUT2D eigenvalue weighted by atomic mass is 9.45. The lowest BCUT2D eigenvalue weighted by Gasteiger charge is -2.61. The third kappa shape index (κ3) is 3.07. The maximum absolute atomic E-state index is 15.6. The molecular weight excluding hydrogens is 443 g/mol. The second-order valence-electron chi connectivity index (χ2n) is 12.0. The van der Waals surface area contributed by atoms with Crippen LogP contribution in [0.15, 0.2) is 11.6 Å². The molecule has 5 rings (SSSR count). The van der Waals surface area contributed by atoms with Gasteiger partial charge in [-0.05, 0) is 74.3 Å². The second-order valence-corrected chi connectivity index (χ2v) is 12.0. The minimum Gasteiger partial charge on any atom is -0.458 e. The fourth-order valence-electron chi connectivity index (χ4n) is 8.56. The zero-order valence-corrected chi connectivity index (χ0v) is 20.6. The summed E-state index contributed by atoms with van der Waals surface area (Å²) in [7, 11) is 0. The molecule has 1 saturated heterocycles. The molecule has 7 nitrogen and oxygen atoms in total. The van der Waals surface area contributed by atoms with Gasteiger partial charge < -0.3 is 19.3 Å². The Morgan fingerprint density at radius 2 is 1.94 bits per heavy atom. The van der Waals surface area contributed by atoms with Crippen LogP contribution in [0, 0.1) is 28.6 Å². The van der Waals surface area contributed by atoms with Crippen LogP contribution in [0.1, 0.15) is 66.7 Å². The summed E-state index contributed by atoms with van der Waals surface area (Å²) >= 11 is 0. The lowest BCUT2D eigenvalue weighted by molar-refractivity contribution is -0.229. The molecule has 0 aromatic heterocycles. The molecule has 9 atom stereocenters. The van der Waals surface area contributed by atoms with Crippen molar-refractivity contribution in [2.24, 2.45) is 28.6 Å². The van der Waals surface area contributed by atoms with E-state index in [0.717, 1.165) is 0 Å². The molecule has 0 amide bonds. The summed E-state index contributed by atoms with van der Waals surface area (Å²) in [6.45, 7) is 8.24. The molecular formula is C26H35FO7. The second kappa shape index (κ2) is 7.43. The van der Waals surface area contributed by atoms with Crippen LogP contribution in [0.25, 0.3) is 0 Å². The highest BCUT2D eigenvalue weighted by Crippen LogP contribution is 2.70. The highest BCUT2D eigenvalue weighted by molar-refractivity contribution is 5.93.